The number of aromatic amines is 1. The Balaban J connectivity index is 2.27. The minimum atomic E-state index is -0.120. The van der Waals surface area contributed by atoms with E-state index in [2.05, 4.69) is 23.0 Å². The molecule has 2 rings (SSSR count). The Kier molecular flexibility index (Phi) is 4.79. The highest BCUT2D eigenvalue weighted by atomic mass is 32.2. The van der Waals surface area contributed by atoms with Gasteiger partial charge in [-0.1, -0.05) is 24.8 Å². The number of H-pyrrole nitrogens is 1. The first-order valence-corrected chi connectivity index (χ1v) is 7.89. The molecule has 0 saturated heterocycles. The third-order valence-electron chi connectivity index (χ3n) is 2.77. The van der Waals surface area contributed by atoms with Gasteiger partial charge in [0.25, 0.3) is 5.56 Å². The van der Waals surface area contributed by atoms with Crippen molar-refractivity contribution in [1.82, 2.24) is 9.97 Å². The first kappa shape index (κ1) is 14.3. The number of rotatable bonds is 5. The summed E-state index contributed by atoms with van der Waals surface area (Å²) in [6, 6.07) is 5.62. The Bertz CT molecular complexity index is 580. The zero-order valence-electron chi connectivity index (χ0n) is 10.9. The Morgan fingerprint density at radius 2 is 2.37 bits per heavy atom. The molecule has 0 bridgehead atoms. The zero-order chi connectivity index (χ0) is 13.8. The highest BCUT2D eigenvalue weighted by Gasteiger charge is 2.22. The number of nitrogens with one attached hydrogen (secondary N) is 1. The van der Waals surface area contributed by atoms with Crippen LogP contribution in [0.1, 0.15) is 29.2 Å². The maximum Gasteiger partial charge on any atom is 0.251 e. The maximum atomic E-state index is 11.5. The van der Waals surface area contributed by atoms with Crippen molar-refractivity contribution in [3.05, 3.63) is 44.5 Å². The lowest BCUT2D eigenvalue weighted by molar-refractivity contribution is 0.638. The average Bonchev–Trinajstić information content (AvgIpc) is 2.87. The maximum absolute atomic E-state index is 11.5. The van der Waals surface area contributed by atoms with Crippen LogP contribution >= 0.6 is 23.1 Å². The van der Waals surface area contributed by atoms with Gasteiger partial charge in [0.15, 0.2) is 5.16 Å². The molecule has 3 N–H and O–H groups in total. The van der Waals surface area contributed by atoms with Crippen LogP contribution in [0.2, 0.25) is 0 Å². The molecule has 2 unspecified atom stereocenters. The molecule has 2 heterocycles. The molecule has 0 aliphatic carbocycles. The summed E-state index contributed by atoms with van der Waals surface area (Å²) in [5, 5.41) is 2.79. The fourth-order valence-electron chi connectivity index (χ4n) is 1.75. The first-order valence-electron chi connectivity index (χ1n) is 6.13. The van der Waals surface area contributed by atoms with Gasteiger partial charge in [-0.2, -0.15) is 0 Å². The number of hydrogen-bond acceptors (Lipinski definition) is 5. The molecule has 6 heteroatoms. The van der Waals surface area contributed by atoms with Crippen LogP contribution in [-0.4, -0.2) is 16.0 Å². The van der Waals surface area contributed by atoms with Crippen molar-refractivity contribution in [2.24, 2.45) is 5.73 Å². The molecule has 0 aliphatic heterocycles. The fraction of sp³-hybridized carbons (Fsp3) is 0.385. The summed E-state index contributed by atoms with van der Waals surface area (Å²) in [5.74, 6) is 0. The molecule has 4 nitrogen and oxygen atoms in total. The van der Waals surface area contributed by atoms with E-state index in [9.17, 15) is 4.79 Å². The topological polar surface area (TPSA) is 71.8 Å². The van der Waals surface area contributed by atoms with E-state index in [0.29, 0.717) is 5.16 Å². The van der Waals surface area contributed by atoms with Crippen LogP contribution < -0.4 is 11.3 Å². The predicted octanol–water partition coefficient (Wildman–Crippen LogP) is 2.71. The van der Waals surface area contributed by atoms with Gasteiger partial charge in [0, 0.05) is 22.7 Å². The Hall–Kier alpha value is -1.11. The molecule has 0 fully saturated rings. The van der Waals surface area contributed by atoms with Crippen LogP contribution in [-0.2, 0) is 0 Å². The van der Waals surface area contributed by atoms with Crippen LogP contribution in [0, 0.1) is 6.92 Å². The second-order valence-electron chi connectivity index (χ2n) is 4.32. The Morgan fingerprint density at radius 1 is 1.58 bits per heavy atom. The van der Waals surface area contributed by atoms with E-state index in [1.807, 2.05) is 18.4 Å². The summed E-state index contributed by atoms with van der Waals surface area (Å²) in [6.45, 7) is 3.89. The summed E-state index contributed by atoms with van der Waals surface area (Å²) in [7, 11) is 0. The summed E-state index contributed by atoms with van der Waals surface area (Å²) < 4.78 is 0. The number of thiophene rings is 1. The van der Waals surface area contributed by atoms with Gasteiger partial charge in [-0.15, -0.1) is 11.3 Å². The minimum Gasteiger partial charge on any atom is -0.326 e. The SMILES string of the molecule is CCC(N)C(Sc1nc(C)cc(=O)[nH]1)c1cccs1. The molecule has 0 amide bonds. The van der Waals surface area contributed by atoms with Crippen molar-refractivity contribution in [3.8, 4) is 0 Å². The summed E-state index contributed by atoms with van der Waals surface area (Å²) in [5.41, 5.74) is 6.80. The van der Waals surface area contributed by atoms with E-state index in [4.69, 9.17) is 5.73 Å². The molecule has 2 aromatic heterocycles. The quantitative estimate of drug-likeness (QED) is 0.657. The van der Waals surface area contributed by atoms with Crippen molar-refractivity contribution < 1.29 is 0 Å². The van der Waals surface area contributed by atoms with Crippen molar-refractivity contribution >= 4 is 23.1 Å². The molecule has 2 aromatic rings. The highest BCUT2D eigenvalue weighted by Crippen LogP contribution is 2.38. The third-order valence-corrected chi connectivity index (χ3v) is 5.15. The molecule has 102 valence electrons. The summed E-state index contributed by atoms with van der Waals surface area (Å²) in [6.07, 6.45) is 0.881. The number of hydrogen-bond donors (Lipinski definition) is 2. The molecule has 0 radical (unpaired) electrons. The smallest absolute Gasteiger partial charge is 0.251 e. The van der Waals surface area contributed by atoms with Crippen molar-refractivity contribution in [3.63, 3.8) is 0 Å². The standard InChI is InChI=1S/C13H17N3OS2/c1-3-9(14)12(10-5-4-6-18-10)19-13-15-8(2)7-11(17)16-13/h4-7,9,12H,3,14H2,1-2H3,(H,15,16,17). The summed E-state index contributed by atoms with van der Waals surface area (Å²) >= 11 is 3.21. The van der Waals surface area contributed by atoms with Gasteiger partial charge in [-0.25, -0.2) is 4.98 Å². The number of nitrogens with zero attached hydrogens (tertiary/aromatic N) is 1. The Labute approximate surface area is 120 Å². The summed E-state index contributed by atoms with van der Waals surface area (Å²) in [4.78, 5) is 19.8. The van der Waals surface area contributed by atoms with E-state index < -0.39 is 0 Å². The van der Waals surface area contributed by atoms with Gasteiger partial charge >= 0.3 is 0 Å². The van der Waals surface area contributed by atoms with Gasteiger partial charge in [0.1, 0.15) is 0 Å². The third kappa shape index (κ3) is 3.68. The van der Waals surface area contributed by atoms with Gasteiger partial charge in [0.2, 0.25) is 0 Å². The van der Waals surface area contributed by atoms with Crippen LogP contribution in [0.25, 0.3) is 0 Å². The van der Waals surface area contributed by atoms with Crippen molar-refractivity contribution in [1.29, 1.82) is 0 Å². The van der Waals surface area contributed by atoms with Crippen molar-refractivity contribution in [2.45, 2.75) is 36.7 Å². The lowest BCUT2D eigenvalue weighted by Crippen LogP contribution is -2.25. The first-order chi connectivity index (χ1) is 9.10. The number of nitrogens with two attached hydrogens (primary N) is 1. The van der Waals surface area contributed by atoms with E-state index in [0.717, 1.165) is 12.1 Å². The minimum absolute atomic E-state index is 0.0365. The fourth-order valence-corrected chi connectivity index (χ4v) is 4.00. The molecule has 19 heavy (non-hydrogen) atoms. The van der Waals surface area contributed by atoms with Crippen LogP contribution in [0.5, 0.6) is 0 Å². The zero-order valence-corrected chi connectivity index (χ0v) is 12.6. The predicted molar refractivity (Wildman–Crippen MR) is 80.8 cm³/mol. The second kappa shape index (κ2) is 6.36. The highest BCUT2D eigenvalue weighted by molar-refractivity contribution is 7.99. The largest absolute Gasteiger partial charge is 0.326 e. The lowest BCUT2D eigenvalue weighted by Gasteiger charge is -2.20. The van der Waals surface area contributed by atoms with Gasteiger partial charge in [0.05, 0.1) is 5.25 Å². The molecule has 0 saturated carbocycles. The van der Waals surface area contributed by atoms with E-state index in [-0.39, 0.29) is 16.9 Å². The second-order valence-corrected chi connectivity index (χ2v) is 6.43. The number of aromatic nitrogens is 2. The molecule has 0 spiro atoms. The van der Waals surface area contributed by atoms with Crippen LogP contribution in [0.15, 0.2) is 33.5 Å². The average molecular weight is 295 g/mol. The van der Waals surface area contributed by atoms with E-state index in [1.165, 1.54) is 22.7 Å². The molecular weight excluding hydrogens is 278 g/mol. The van der Waals surface area contributed by atoms with E-state index in [1.54, 1.807) is 11.3 Å². The molecule has 2 atom stereocenters. The van der Waals surface area contributed by atoms with Crippen LogP contribution in [0.3, 0.4) is 0 Å². The Morgan fingerprint density at radius 3 is 2.95 bits per heavy atom. The van der Waals surface area contributed by atoms with Gasteiger partial charge in [-0.05, 0) is 24.8 Å². The van der Waals surface area contributed by atoms with Gasteiger partial charge in [-0.3, -0.25) is 4.79 Å². The molecule has 0 aliphatic rings. The number of aryl methyl sites for hydroxylation is 1. The van der Waals surface area contributed by atoms with E-state index >= 15 is 0 Å². The lowest BCUT2D eigenvalue weighted by atomic mass is 10.1. The van der Waals surface area contributed by atoms with Crippen LogP contribution in [0.4, 0.5) is 0 Å². The van der Waals surface area contributed by atoms with Crippen molar-refractivity contribution in [2.75, 3.05) is 0 Å². The molecule has 0 aromatic carbocycles. The normalized spacial score (nSPS) is 14.3. The van der Waals surface area contributed by atoms with Gasteiger partial charge < -0.3 is 10.7 Å². The monoisotopic (exact) mass is 295 g/mol. The molecular formula is C13H17N3OS2. The number of thioether (sulfide) groups is 1.